The maximum Gasteiger partial charge on any atom is 0.0405 e. The van der Waals surface area contributed by atoms with Crippen LogP contribution >= 0.6 is 11.6 Å². The zero-order valence-electron chi connectivity index (χ0n) is 10.9. The first-order valence-corrected chi connectivity index (χ1v) is 6.30. The van der Waals surface area contributed by atoms with Gasteiger partial charge in [-0.25, -0.2) is 0 Å². The Labute approximate surface area is 110 Å². The van der Waals surface area contributed by atoms with E-state index in [1.54, 1.807) is 0 Å². The van der Waals surface area contributed by atoms with Crippen LogP contribution in [0.3, 0.4) is 0 Å². The Morgan fingerprint density at radius 2 is 1.12 bits per heavy atom. The predicted molar refractivity (Wildman–Crippen MR) is 78.6 cm³/mol. The first-order chi connectivity index (χ1) is 8.20. The monoisotopic (exact) mass is 248 g/mol. The van der Waals surface area contributed by atoms with Gasteiger partial charge in [-0.05, 0) is 19.1 Å². The van der Waals surface area contributed by atoms with Crippen molar-refractivity contribution >= 4 is 11.6 Å². The van der Waals surface area contributed by atoms with E-state index in [9.17, 15) is 0 Å². The highest BCUT2D eigenvalue weighted by Gasteiger charge is 1.75. The molecule has 0 spiro atoms. The number of hydrogen-bond acceptors (Lipinski definition) is 0. The smallest absolute Gasteiger partial charge is 0.0405 e. The summed E-state index contributed by atoms with van der Waals surface area (Å²) in [5.74, 6) is 0. The average molecular weight is 249 g/mol. The lowest BCUT2D eigenvalue weighted by molar-refractivity contribution is 1.09. The molecule has 0 saturated carbocycles. The van der Waals surface area contributed by atoms with Gasteiger partial charge in [-0.1, -0.05) is 86.0 Å². The van der Waals surface area contributed by atoms with Crippen molar-refractivity contribution in [3.05, 3.63) is 71.2 Å². The lowest BCUT2D eigenvalue weighted by Crippen LogP contribution is -1.62. The van der Waals surface area contributed by atoms with Crippen molar-refractivity contribution in [2.24, 2.45) is 0 Å². The van der Waals surface area contributed by atoms with E-state index in [2.05, 4.69) is 32.9 Å². The summed E-state index contributed by atoms with van der Waals surface area (Å²) in [6.45, 7) is 6.33. The van der Waals surface area contributed by atoms with Crippen LogP contribution < -0.4 is 0 Å². The highest BCUT2D eigenvalue weighted by atomic mass is 35.5. The number of hydrogen-bond donors (Lipinski definition) is 0. The molecule has 2 aromatic rings. The fraction of sp³-hybridized carbons (Fsp3) is 0.250. The highest BCUT2D eigenvalue weighted by molar-refractivity contribution is 6.30. The van der Waals surface area contributed by atoms with Gasteiger partial charge in [0.2, 0.25) is 0 Å². The summed E-state index contributed by atoms with van der Waals surface area (Å²) in [6.07, 6.45) is 1.25. The largest absolute Gasteiger partial charge is 0.0843 e. The lowest BCUT2D eigenvalue weighted by atomic mass is 10.2. The quantitative estimate of drug-likeness (QED) is 0.557. The molecule has 2 aromatic carbocycles. The number of rotatable bonds is 0. The summed E-state index contributed by atoms with van der Waals surface area (Å²) in [7, 11) is 0. The average Bonchev–Trinajstić information content (AvgIpc) is 2.33. The van der Waals surface area contributed by atoms with Crippen molar-refractivity contribution in [2.45, 2.75) is 27.2 Å². The molecule has 0 aliphatic carbocycles. The Hall–Kier alpha value is -1.27. The molecule has 0 nitrogen and oxygen atoms in total. The Morgan fingerprint density at radius 1 is 0.765 bits per heavy atom. The van der Waals surface area contributed by atoms with E-state index in [4.69, 9.17) is 11.6 Å². The van der Waals surface area contributed by atoms with Crippen molar-refractivity contribution in [1.29, 1.82) is 0 Å². The summed E-state index contributed by atoms with van der Waals surface area (Å²) >= 11 is 5.54. The van der Waals surface area contributed by atoms with Gasteiger partial charge in [-0.2, -0.15) is 0 Å². The van der Waals surface area contributed by atoms with Gasteiger partial charge in [0, 0.05) is 5.02 Å². The maximum absolute atomic E-state index is 5.54. The molecule has 0 radical (unpaired) electrons. The molecule has 0 heterocycles. The van der Waals surface area contributed by atoms with Crippen LogP contribution in [0.1, 0.15) is 25.8 Å². The van der Waals surface area contributed by atoms with Crippen molar-refractivity contribution in [3.63, 3.8) is 0 Å². The van der Waals surface area contributed by atoms with Gasteiger partial charge in [0.1, 0.15) is 0 Å². The van der Waals surface area contributed by atoms with E-state index in [0.717, 1.165) is 5.02 Å². The highest BCUT2D eigenvalue weighted by Crippen LogP contribution is 2.03. The number of aryl methyl sites for hydroxylation is 1. The molecule has 1 heteroatoms. The van der Waals surface area contributed by atoms with Gasteiger partial charge in [0.05, 0.1) is 0 Å². The van der Waals surface area contributed by atoms with Gasteiger partial charge in [0.25, 0.3) is 0 Å². The van der Waals surface area contributed by atoms with Gasteiger partial charge < -0.3 is 0 Å². The molecule has 0 atom stereocenters. The molecule has 17 heavy (non-hydrogen) atoms. The van der Waals surface area contributed by atoms with Crippen LogP contribution in [-0.2, 0) is 0 Å². The third kappa shape index (κ3) is 11.0. The van der Waals surface area contributed by atoms with E-state index in [1.807, 2.05) is 48.5 Å². The minimum atomic E-state index is 0.794. The second-order valence-electron chi connectivity index (χ2n) is 3.66. The Balaban J connectivity index is 0.000000247. The van der Waals surface area contributed by atoms with Crippen LogP contribution in [0.5, 0.6) is 0 Å². The van der Waals surface area contributed by atoms with Gasteiger partial charge in [0.15, 0.2) is 0 Å². The first-order valence-electron chi connectivity index (χ1n) is 5.92. The Bertz CT molecular complexity index is 316. The molecule has 0 unspecified atom stereocenters. The maximum atomic E-state index is 5.54. The third-order valence-corrected chi connectivity index (χ3v) is 1.93. The van der Waals surface area contributed by atoms with Crippen molar-refractivity contribution in [1.82, 2.24) is 0 Å². The van der Waals surface area contributed by atoms with Crippen LogP contribution in [0.15, 0.2) is 60.7 Å². The van der Waals surface area contributed by atoms with Gasteiger partial charge in [-0.3, -0.25) is 0 Å². The summed E-state index contributed by atoms with van der Waals surface area (Å²) in [4.78, 5) is 0. The summed E-state index contributed by atoms with van der Waals surface area (Å²) in [5.41, 5.74) is 1.32. The minimum absolute atomic E-state index is 0.794. The van der Waals surface area contributed by atoms with E-state index < -0.39 is 0 Å². The number of halogens is 1. The van der Waals surface area contributed by atoms with E-state index in [0.29, 0.717) is 0 Å². The Kier molecular flexibility index (Phi) is 10.4. The zero-order valence-corrected chi connectivity index (χ0v) is 11.6. The lowest BCUT2D eigenvalue weighted by Gasteiger charge is -1.82. The van der Waals surface area contributed by atoms with Crippen molar-refractivity contribution < 1.29 is 0 Å². The molecule has 2 rings (SSSR count). The van der Waals surface area contributed by atoms with Crippen molar-refractivity contribution in [2.75, 3.05) is 0 Å². The van der Waals surface area contributed by atoms with E-state index in [-0.39, 0.29) is 0 Å². The van der Waals surface area contributed by atoms with Gasteiger partial charge in [-0.15, -0.1) is 0 Å². The molecule has 0 fully saturated rings. The predicted octanol–water partition coefficient (Wildman–Crippen LogP) is 5.75. The fourth-order valence-electron chi connectivity index (χ4n) is 0.949. The molecular formula is C16H21Cl. The van der Waals surface area contributed by atoms with Crippen LogP contribution in [0.2, 0.25) is 5.02 Å². The normalized spacial score (nSPS) is 8.24. The molecular weight excluding hydrogens is 228 g/mol. The van der Waals surface area contributed by atoms with E-state index in [1.165, 1.54) is 12.0 Å². The second-order valence-corrected chi connectivity index (χ2v) is 4.09. The van der Waals surface area contributed by atoms with Crippen LogP contribution in [-0.4, -0.2) is 0 Å². The third-order valence-electron chi connectivity index (χ3n) is 1.67. The van der Waals surface area contributed by atoms with Crippen molar-refractivity contribution in [3.8, 4) is 0 Å². The molecule has 92 valence electrons. The summed E-state index contributed by atoms with van der Waals surface area (Å²) < 4.78 is 0. The van der Waals surface area contributed by atoms with Gasteiger partial charge >= 0.3 is 0 Å². The topological polar surface area (TPSA) is 0 Å². The molecule has 0 aliphatic heterocycles. The number of benzene rings is 2. The fourth-order valence-corrected chi connectivity index (χ4v) is 1.09. The first kappa shape index (κ1) is 15.7. The van der Waals surface area contributed by atoms with Crippen LogP contribution in [0, 0.1) is 6.92 Å². The van der Waals surface area contributed by atoms with E-state index >= 15 is 0 Å². The molecule has 0 saturated heterocycles. The molecule has 0 amide bonds. The molecule has 0 N–H and O–H groups in total. The standard InChI is InChI=1S/C7H8.C6H5Cl.C3H8/c1-7-5-3-2-4-6-7;7-6-4-2-1-3-5-6;1-3-2/h2-6H,1H3;1-5H;3H2,1-2H3. The Morgan fingerprint density at radius 3 is 1.29 bits per heavy atom. The van der Waals surface area contributed by atoms with Crippen LogP contribution in [0.4, 0.5) is 0 Å². The summed E-state index contributed by atoms with van der Waals surface area (Å²) in [6, 6.07) is 19.7. The van der Waals surface area contributed by atoms with Crippen LogP contribution in [0.25, 0.3) is 0 Å². The molecule has 0 bridgehead atoms. The summed E-state index contributed by atoms with van der Waals surface area (Å²) in [5, 5.41) is 0.794. The minimum Gasteiger partial charge on any atom is -0.0843 e. The SMILES string of the molecule is CCC.Cc1ccccc1.Clc1ccccc1. The zero-order chi connectivity index (χ0) is 12.9. The molecule has 0 aliphatic rings. The molecule has 0 aromatic heterocycles. The second kappa shape index (κ2) is 11.2.